The fourth-order valence-electron chi connectivity index (χ4n) is 1.88. The Labute approximate surface area is 108 Å². The SMILES string of the molecule is CC(CCN)C(=O)N(C)C(C)c1ccc(F)cc1. The van der Waals surface area contributed by atoms with Crippen molar-refractivity contribution in [2.45, 2.75) is 26.3 Å². The van der Waals surface area contributed by atoms with Gasteiger partial charge in [0.05, 0.1) is 6.04 Å². The van der Waals surface area contributed by atoms with Gasteiger partial charge in [0, 0.05) is 13.0 Å². The molecule has 0 saturated carbocycles. The number of carbonyl (C=O) groups is 1. The Hall–Kier alpha value is -1.42. The molecule has 1 rings (SSSR count). The lowest BCUT2D eigenvalue weighted by molar-refractivity contribution is -0.135. The van der Waals surface area contributed by atoms with Gasteiger partial charge in [-0.3, -0.25) is 4.79 Å². The predicted molar refractivity (Wildman–Crippen MR) is 70.4 cm³/mol. The molecule has 100 valence electrons. The molecule has 0 aliphatic rings. The van der Waals surface area contributed by atoms with E-state index in [9.17, 15) is 9.18 Å². The highest BCUT2D eigenvalue weighted by Gasteiger charge is 2.21. The van der Waals surface area contributed by atoms with Crippen LogP contribution in [0, 0.1) is 11.7 Å². The summed E-state index contributed by atoms with van der Waals surface area (Å²) in [7, 11) is 1.77. The molecule has 4 heteroatoms. The van der Waals surface area contributed by atoms with Crippen LogP contribution in [0.5, 0.6) is 0 Å². The molecule has 1 amide bonds. The van der Waals surface area contributed by atoms with Crippen LogP contribution in [0.25, 0.3) is 0 Å². The minimum Gasteiger partial charge on any atom is -0.339 e. The summed E-state index contributed by atoms with van der Waals surface area (Å²) < 4.78 is 12.8. The first-order valence-electron chi connectivity index (χ1n) is 6.19. The number of carbonyl (C=O) groups excluding carboxylic acids is 1. The zero-order valence-corrected chi connectivity index (χ0v) is 11.2. The van der Waals surface area contributed by atoms with Gasteiger partial charge >= 0.3 is 0 Å². The van der Waals surface area contributed by atoms with E-state index in [1.54, 1.807) is 24.1 Å². The van der Waals surface area contributed by atoms with Crippen molar-refractivity contribution in [3.8, 4) is 0 Å². The number of nitrogens with zero attached hydrogens (tertiary/aromatic N) is 1. The van der Waals surface area contributed by atoms with E-state index >= 15 is 0 Å². The molecule has 2 atom stereocenters. The molecule has 0 bridgehead atoms. The van der Waals surface area contributed by atoms with E-state index in [1.165, 1.54) is 12.1 Å². The van der Waals surface area contributed by atoms with Gasteiger partial charge in [0.25, 0.3) is 0 Å². The van der Waals surface area contributed by atoms with Crippen LogP contribution in [-0.2, 0) is 4.79 Å². The van der Waals surface area contributed by atoms with E-state index in [2.05, 4.69) is 0 Å². The van der Waals surface area contributed by atoms with E-state index in [-0.39, 0.29) is 23.7 Å². The van der Waals surface area contributed by atoms with Crippen LogP contribution < -0.4 is 5.73 Å². The lowest BCUT2D eigenvalue weighted by Gasteiger charge is -2.28. The Morgan fingerprint density at radius 2 is 1.89 bits per heavy atom. The lowest BCUT2D eigenvalue weighted by atomic mass is 10.0. The Bertz CT molecular complexity index is 391. The van der Waals surface area contributed by atoms with Crippen LogP contribution in [0.2, 0.25) is 0 Å². The van der Waals surface area contributed by atoms with Crippen LogP contribution in [0.15, 0.2) is 24.3 Å². The number of halogens is 1. The van der Waals surface area contributed by atoms with Crippen molar-refractivity contribution in [1.29, 1.82) is 0 Å². The predicted octanol–water partition coefficient (Wildman–Crippen LogP) is 2.33. The first-order chi connectivity index (χ1) is 8.47. The lowest BCUT2D eigenvalue weighted by Crippen LogP contribution is -2.34. The molecule has 0 aliphatic heterocycles. The number of benzene rings is 1. The van der Waals surface area contributed by atoms with Crippen molar-refractivity contribution >= 4 is 5.91 Å². The Kier molecular flexibility index (Phi) is 5.28. The number of nitrogens with two attached hydrogens (primary N) is 1. The van der Waals surface area contributed by atoms with E-state index in [4.69, 9.17) is 5.73 Å². The maximum atomic E-state index is 12.8. The van der Waals surface area contributed by atoms with Crippen molar-refractivity contribution in [3.63, 3.8) is 0 Å². The normalized spacial score (nSPS) is 14.1. The maximum absolute atomic E-state index is 12.8. The van der Waals surface area contributed by atoms with Crippen molar-refractivity contribution in [3.05, 3.63) is 35.6 Å². The summed E-state index contributed by atoms with van der Waals surface area (Å²) in [5, 5.41) is 0. The monoisotopic (exact) mass is 252 g/mol. The highest BCUT2D eigenvalue weighted by Crippen LogP contribution is 2.21. The van der Waals surface area contributed by atoms with Gasteiger partial charge in [-0.25, -0.2) is 4.39 Å². The van der Waals surface area contributed by atoms with Gasteiger partial charge < -0.3 is 10.6 Å². The molecular weight excluding hydrogens is 231 g/mol. The number of hydrogen-bond donors (Lipinski definition) is 1. The van der Waals surface area contributed by atoms with E-state index < -0.39 is 0 Å². The summed E-state index contributed by atoms with van der Waals surface area (Å²) in [5.41, 5.74) is 6.38. The Morgan fingerprint density at radius 1 is 1.33 bits per heavy atom. The summed E-state index contributed by atoms with van der Waals surface area (Å²) in [6.07, 6.45) is 0.680. The quantitative estimate of drug-likeness (QED) is 0.874. The minimum absolute atomic E-state index is 0.0669. The first-order valence-corrected chi connectivity index (χ1v) is 6.19. The van der Waals surface area contributed by atoms with Gasteiger partial charge in [-0.15, -0.1) is 0 Å². The average molecular weight is 252 g/mol. The molecule has 0 spiro atoms. The average Bonchev–Trinajstić information content (AvgIpc) is 2.37. The Morgan fingerprint density at radius 3 is 2.39 bits per heavy atom. The largest absolute Gasteiger partial charge is 0.339 e. The zero-order valence-electron chi connectivity index (χ0n) is 11.2. The molecule has 2 N–H and O–H groups in total. The molecule has 0 aliphatic carbocycles. The zero-order chi connectivity index (χ0) is 13.7. The third-order valence-corrected chi connectivity index (χ3v) is 3.30. The summed E-state index contributed by atoms with van der Waals surface area (Å²) in [6, 6.07) is 6.16. The molecular formula is C14H21FN2O. The third-order valence-electron chi connectivity index (χ3n) is 3.30. The fraction of sp³-hybridized carbons (Fsp3) is 0.500. The molecule has 0 aromatic heterocycles. The van der Waals surface area contributed by atoms with Crippen LogP contribution in [0.3, 0.4) is 0 Å². The molecule has 1 aromatic rings. The summed E-state index contributed by atoms with van der Waals surface area (Å²) >= 11 is 0. The topological polar surface area (TPSA) is 46.3 Å². The molecule has 3 nitrogen and oxygen atoms in total. The summed E-state index contributed by atoms with van der Waals surface area (Å²) in [6.45, 7) is 4.31. The van der Waals surface area contributed by atoms with Crippen molar-refractivity contribution in [1.82, 2.24) is 4.90 Å². The number of amides is 1. The van der Waals surface area contributed by atoms with Gasteiger partial charge in [-0.2, -0.15) is 0 Å². The Balaban J connectivity index is 2.74. The van der Waals surface area contributed by atoms with Crippen molar-refractivity contribution < 1.29 is 9.18 Å². The highest BCUT2D eigenvalue weighted by atomic mass is 19.1. The van der Waals surface area contributed by atoms with E-state index in [0.29, 0.717) is 13.0 Å². The van der Waals surface area contributed by atoms with Gasteiger partial charge in [-0.05, 0) is 37.6 Å². The second-order valence-corrected chi connectivity index (χ2v) is 4.66. The van der Waals surface area contributed by atoms with Gasteiger partial charge in [-0.1, -0.05) is 19.1 Å². The minimum atomic E-state index is -0.267. The molecule has 18 heavy (non-hydrogen) atoms. The molecule has 0 radical (unpaired) electrons. The first kappa shape index (κ1) is 14.6. The van der Waals surface area contributed by atoms with Crippen molar-refractivity contribution in [2.75, 3.05) is 13.6 Å². The molecule has 1 aromatic carbocycles. The smallest absolute Gasteiger partial charge is 0.225 e. The van der Waals surface area contributed by atoms with E-state index in [0.717, 1.165) is 5.56 Å². The second kappa shape index (κ2) is 6.50. The van der Waals surface area contributed by atoms with Crippen LogP contribution >= 0.6 is 0 Å². The second-order valence-electron chi connectivity index (χ2n) is 4.66. The summed E-state index contributed by atoms with van der Waals surface area (Å²) in [4.78, 5) is 13.8. The molecule has 2 unspecified atom stereocenters. The van der Waals surface area contributed by atoms with Crippen molar-refractivity contribution in [2.24, 2.45) is 11.7 Å². The summed E-state index contributed by atoms with van der Waals surface area (Å²) in [5.74, 6) is -0.281. The van der Waals surface area contributed by atoms with Gasteiger partial charge in [0.2, 0.25) is 5.91 Å². The van der Waals surface area contributed by atoms with Gasteiger partial charge in [0.15, 0.2) is 0 Å². The third kappa shape index (κ3) is 3.53. The maximum Gasteiger partial charge on any atom is 0.225 e. The molecule has 0 heterocycles. The number of hydrogen-bond acceptors (Lipinski definition) is 2. The van der Waals surface area contributed by atoms with Crippen LogP contribution in [0.4, 0.5) is 4.39 Å². The van der Waals surface area contributed by atoms with Crippen LogP contribution in [0.1, 0.15) is 31.9 Å². The standard InChI is InChI=1S/C14H21FN2O/c1-10(8-9-16)14(18)17(3)11(2)12-4-6-13(15)7-5-12/h4-7,10-11H,8-9,16H2,1-3H3. The highest BCUT2D eigenvalue weighted by molar-refractivity contribution is 5.78. The molecule has 0 saturated heterocycles. The number of rotatable bonds is 5. The fourth-order valence-corrected chi connectivity index (χ4v) is 1.88. The van der Waals surface area contributed by atoms with Crippen LogP contribution in [-0.4, -0.2) is 24.4 Å². The van der Waals surface area contributed by atoms with E-state index in [1.807, 2.05) is 13.8 Å². The molecule has 0 fully saturated rings. The van der Waals surface area contributed by atoms with Gasteiger partial charge in [0.1, 0.15) is 5.82 Å².